The van der Waals surface area contributed by atoms with Crippen molar-refractivity contribution in [2.75, 3.05) is 11.4 Å². The summed E-state index contributed by atoms with van der Waals surface area (Å²) in [6, 6.07) is 6.73. The number of rotatable bonds is 2. The molecule has 19 heavy (non-hydrogen) atoms. The molecule has 1 aromatic rings. The molecule has 0 aromatic heterocycles. The number of halogens is 1. The van der Waals surface area contributed by atoms with E-state index in [0.29, 0.717) is 15.7 Å². The van der Waals surface area contributed by atoms with E-state index in [1.54, 1.807) is 24.3 Å². The van der Waals surface area contributed by atoms with Gasteiger partial charge >= 0.3 is 0 Å². The van der Waals surface area contributed by atoms with Crippen molar-refractivity contribution in [3.8, 4) is 18.4 Å². The topological polar surface area (TPSA) is 64.3 Å². The van der Waals surface area contributed by atoms with Crippen molar-refractivity contribution >= 4 is 27.5 Å². The number of terminal acetylenes is 1. The third kappa shape index (κ3) is 1.76. The lowest BCUT2D eigenvalue weighted by Crippen LogP contribution is -2.41. The molecule has 0 saturated carbocycles. The van der Waals surface area contributed by atoms with Gasteiger partial charge in [0.2, 0.25) is 5.60 Å². The Morgan fingerprint density at radius 3 is 2.89 bits per heavy atom. The highest BCUT2D eigenvalue weighted by Crippen LogP contribution is 2.44. The maximum absolute atomic E-state index is 12.3. The van der Waals surface area contributed by atoms with Gasteiger partial charge in [-0.15, -0.1) is 6.42 Å². The molecule has 1 amide bonds. The van der Waals surface area contributed by atoms with Crippen LogP contribution in [0.25, 0.3) is 0 Å². The molecule has 0 saturated heterocycles. The molecular formula is C14H9BrN2O2. The van der Waals surface area contributed by atoms with Crippen LogP contribution >= 0.6 is 15.9 Å². The zero-order valence-corrected chi connectivity index (χ0v) is 11.4. The van der Waals surface area contributed by atoms with E-state index in [9.17, 15) is 9.90 Å². The van der Waals surface area contributed by atoms with E-state index in [2.05, 4.69) is 28.4 Å². The lowest BCUT2D eigenvalue weighted by molar-refractivity contribution is -0.132. The average molecular weight is 317 g/mol. The second-order valence-electron chi connectivity index (χ2n) is 4.06. The van der Waals surface area contributed by atoms with Crippen molar-refractivity contribution in [3.63, 3.8) is 0 Å². The molecule has 94 valence electrons. The van der Waals surface area contributed by atoms with Crippen molar-refractivity contribution in [1.29, 1.82) is 5.26 Å². The van der Waals surface area contributed by atoms with Crippen LogP contribution in [-0.4, -0.2) is 17.6 Å². The summed E-state index contributed by atoms with van der Waals surface area (Å²) >= 11 is 3.27. The molecule has 0 spiro atoms. The Morgan fingerprint density at radius 1 is 1.63 bits per heavy atom. The number of hydrogen-bond donors (Lipinski definition) is 1. The first-order chi connectivity index (χ1) is 8.96. The van der Waals surface area contributed by atoms with Gasteiger partial charge in [-0.1, -0.05) is 28.4 Å². The number of benzene rings is 1. The van der Waals surface area contributed by atoms with Crippen molar-refractivity contribution < 1.29 is 9.90 Å². The number of nitriles is 1. The Hall–Kier alpha value is -2.08. The minimum atomic E-state index is -2.04. The smallest absolute Gasteiger partial charge is 0.270 e. The minimum Gasteiger partial charge on any atom is -0.371 e. The van der Waals surface area contributed by atoms with Crippen LogP contribution in [0.1, 0.15) is 5.56 Å². The van der Waals surface area contributed by atoms with Gasteiger partial charge in [0.05, 0.1) is 23.9 Å². The highest BCUT2D eigenvalue weighted by molar-refractivity contribution is 9.10. The van der Waals surface area contributed by atoms with Crippen LogP contribution in [0.2, 0.25) is 0 Å². The summed E-state index contributed by atoms with van der Waals surface area (Å²) in [5.41, 5.74) is -1.46. The summed E-state index contributed by atoms with van der Waals surface area (Å²) in [4.78, 5) is 13.6. The van der Waals surface area contributed by atoms with Gasteiger partial charge in [-0.3, -0.25) is 9.69 Å². The number of aliphatic hydroxyl groups is 1. The van der Waals surface area contributed by atoms with Gasteiger partial charge in [-0.25, -0.2) is 0 Å². The standard InChI is InChI=1S/C14H9BrN2O2/c1-3-6-17-12-5-4-10(15)7-11(12)14(19,13(17)18)9(2)8-16/h1,4-5,7,19H,2,6H2. The lowest BCUT2D eigenvalue weighted by atomic mass is 9.89. The summed E-state index contributed by atoms with van der Waals surface area (Å²) in [6.07, 6.45) is 5.23. The summed E-state index contributed by atoms with van der Waals surface area (Å²) in [7, 11) is 0. The first kappa shape index (κ1) is 13.4. The molecule has 1 unspecified atom stereocenters. The molecule has 0 aliphatic carbocycles. The second kappa shape index (κ2) is 4.55. The Morgan fingerprint density at radius 2 is 2.32 bits per heavy atom. The van der Waals surface area contributed by atoms with E-state index in [-0.39, 0.29) is 12.1 Å². The monoisotopic (exact) mass is 316 g/mol. The molecule has 0 radical (unpaired) electrons. The predicted molar refractivity (Wildman–Crippen MR) is 74.0 cm³/mol. The molecular weight excluding hydrogens is 308 g/mol. The zero-order chi connectivity index (χ0) is 14.2. The van der Waals surface area contributed by atoms with E-state index < -0.39 is 11.5 Å². The van der Waals surface area contributed by atoms with Crippen LogP contribution in [0.4, 0.5) is 5.69 Å². The number of carbonyl (C=O) groups is 1. The second-order valence-corrected chi connectivity index (χ2v) is 4.97. The molecule has 1 atom stereocenters. The van der Waals surface area contributed by atoms with Gasteiger partial charge in [0.15, 0.2) is 0 Å². The van der Waals surface area contributed by atoms with Crippen molar-refractivity contribution in [2.45, 2.75) is 5.60 Å². The van der Waals surface area contributed by atoms with Crippen LogP contribution in [0.5, 0.6) is 0 Å². The largest absolute Gasteiger partial charge is 0.371 e. The highest BCUT2D eigenvalue weighted by Gasteiger charge is 2.52. The molecule has 1 heterocycles. The molecule has 4 nitrogen and oxygen atoms in total. The molecule has 1 aliphatic rings. The van der Waals surface area contributed by atoms with Crippen LogP contribution in [0.15, 0.2) is 34.8 Å². The van der Waals surface area contributed by atoms with E-state index in [1.807, 2.05) is 0 Å². The number of fused-ring (bicyclic) bond motifs is 1. The minimum absolute atomic E-state index is 0.0223. The first-order valence-corrected chi connectivity index (χ1v) is 6.13. The lowest BCUT2D eigenvalue weighted by Gasteiger charge is -2.20. The molecule has 5 heteroatoms. The van der Waals surface area contributed by atoms with Crippen LogP contribution in [-0.2, 0) is 10.4 Å². The maximum atomic E-state index is 12.3. The molecule has 2 rings (SSSR count). The summed E-state index contributed by atoms with van der Waals surface area (Å²) in [5.74, 6) is 1.71. The molecule has 0 fully saturated rings. The van der Waals surface area contributed by atoms with Crippen molar-refractivity contribution in [3.05, 3.63) is 40.4 Å². The van der Waals surface area contributed by atoms with Crippen LogP contribution in [0.3, 0.4) is 0 Å². The van der Waals surface area contributed by atoms with Crippen LogP contribution in [0, 0.1) is 23.7 Å². The number of amides is 1. The zero-order valence-electron chi connectivity index (χ0n) is 9.85. The van der Waals surface area contributed by atoms with E-state index in [4.69, 9.17) is 11.7 Å². The first-order valence-electron chi connectivity index (χ1n) is 5.34. The van der Waals surface area contributed by atoms with E-state index in [0.717, 1.165) is 0 Å². The van der Waals surface area contributed by atoms with Crippen molar-refractivity contribution in [2.24, 2.45) is 0 Å². The Labute approximate surface area is 119 Å². The summed E-state index contributed by atoms with van der Waals surface area (Å²) in [6.45, 7) is 3.50. The van der Waals surface area contributed by atoms with Crippen molar-refractivity contribution in [1.82, 2.24) is 0 Å². The number of anilines is 1. The van der Waals surface area contributed by atoms with Gasteiger partial charge in [0.25, 0.3) is 5.91 Å². The number of nitrogens with zero attached hydrogens (tertiary/aromatic N) is 2. The number of carbonyl (C=O) groups excluding carboxylic acids is 1. The molecule has 1 aliphatic heterocycles. The van der Waals surface area contributed by atoms with Gasteiger partial charge in [0.1, 0.15) is 0 Å². The third-order valence-electron chi connectivity index (χ3n) is 3.01. The Balaban J connectivity index is 2.71. The molecule has 0 bridgehead atoms. The maximum Gasteiger partial charge on any atom is 0.270 e. The van der Waals surface area contributed by atoms with Gasteiger partial charge in [-0.05, 0) is 18.2 Å². The third-order valence-corrected chi connectivity index (χ3v) is 3.51. The normalized spacial score (nSPS) is 20.6. The van der Waals surface area contributed by atoms with E-state index in [1.165, 1.54) is 4.90 Å². The fourth-order valence-corrected chi connectivity index (χ4v) is 2.44. The van der Waals surface area contributed by atoms with Gasteiger partial charge in [-0.2, -0.15) is 5.26 Å². The van der Waals surface area contributed by atoms with Crippen LogP contribution < -0.4 is 4.90 Å². The molecule has 1 N–H and O–H groups in total. The average Bonchev–Trinajstić information content (AvgIpc) is 2.61. The summed E-state index contributed by atoms with van der Waals surface area (Å²) in [5, 5.41) is 19.6. The highest BCUT2D eigenvalue weighted by atomic mass is 79.9. The van der Waals surface area contributed by atoms with Gasteiger partial charge < -0.3 is 5.11 Å². The van der Waals surface area contributed by atoms with E-state index >= 15 is 0 Å². The SMILES string of the molecule is C#CCN1C(=O)C(O)(C(=C)C#N)c2cc(Br)ccc21. The number of hydrogen-bond acceptors (Lipinski definition) is 3. The Kier molecular flexibility index (Phi) is 3.20. The Bertz CT molecular complexity index is 669. The predicted octanol–water partition coefficient (Wildman–Crippen LogP) is 1.70. The summed E-state index contributed by atoms with van der Waals surface area (Å²) < 4.78 is 0.686. The van der Waals surface area contributed by atoms with Gasteiger partial charge in [0, 0.05) is 10.0 Å². The fraction of sp³-hybridized carbons (Fsp3) is 0.143. The quantitative estimate of drug-likeness (QED) is 0.667. The fourth-order valence-electron chi connectivity index (χ4n) is 2.07. The molecule has 1 aromatic carbocycles.